The van der Waals surface area contributed by atoms with Crippen molar-refractivity contribution in [3.8, 4) is 0 Å². The summed E-state index contributed by atoms with van der Waals surface area (Å²) >= 11 is 2.75. The van der Waals surface area contributed by atoms with Gasteiger partial charge in [0.15, 0.2) is 10.1 Å². The van der Waals surface area contributed by atoms with Gasteiger partial charge in [0.25, 0.3) is 11.4 Å². The second-order valence-corrected chi connectivity index (χ2v) is 9.93. The van der Waals surface area contributed by atoms with Crippen molar-refractivity contribution >= 4 is 34.9 Å². The molecule has 0 radical (unpaired) electrons. The first-order chi connectivity index (χ1) is 17.4. The maximum atomic E-state index is 11.9. The molecule has 0 aliphatic carbocycles. The van der Waals surface area contributed by atoms with E-state index in [1.54, 1.807) is 0 Å². The topological polar surface area (TPSA) is 99.2 Å². The minimum Gasteiger partial charge on any atom is -0.317 e. The Bertz CT molecular complexity index is 1070. The minimum atomic E-state index is -0.301. The summed E-state index contributed by atoms with van der Waals surface area (Å²) in [5.74, 6) is 0. The number of anilines is 2. The number of thioether (sulfide) groups is 2. The number of nitro groups is 2. The molecule has 0 amide bonds. The highest BCUT2D eigenvalue weighted by atomic mass is 32.2. The van der Waals surface area contributed by atoms with Gasteiger partial charge < -0.3 is 9.80 Å². The van der Waals surface area contributed by atoms with Gasteiger partial charge in [-0.3, -0.25) is 30.0 Å². The van der Waals surface area contributed by atoms with Crippen LogP contribution in [0.1, 0.15) is 0 Å². The van der Waals surface area contributed by atoms with Gasteiger partial charge in [-0.25, -0.2) is 0 Å². The minimum absolute atomic E-state index is 0.165. The fourth-order valence-electron chi connectivity index (χ4n) is 4.42. The maximum Gasteiger partial charge on any atom is 0.290 e. The molecule has 2 aromatic rings. The van der Waals surface area contributed by atoms with E-state index < -0.39 is 0 Å². The molecule has 0 unspecified atom stereocenters. The predicted molar refractivity (Wildman–Crippen MR) is 146 cm³/mol. The summed E-state index contributed by atoms with van der Waals surface area (Å²) in [6, 6.07) is 19.3. The van der Waals surface area contributed by atoms with Crippen molar-refractivity contribution in [2.45, 2.75) is 0 Å². The van der Waals surface area contributed by atoms with Gasteiger partial charge in [-0.15, -0.1) is 23.5 Å². The summed E-state index contributed by atoms with van der Waals surface area (Å²) < 4.78 is 0. The second-order valence-electron chi connectivity index (χ2n) is 8.34. The maximum absolute atomic E-state index is 11.9. The van der Waals surface area contributed by atoms with Crippen molar-refractivity contribution in [2.24, 2.45) is 0 Å². The Morgan fingerprint density at radius 2 is 1.06 bits per heavy atom. The van der Waals surface area contributed by atoms with Crippen LogP contribution in [-0.2, 0) is 0 Å². The molecule has 0 atom stereocenters. The average molecular weight is 529 g/mol. The van der Waals surface area contributed by atoms with Gasteiger partial charge >= 0.3 is 0 Å². The highest BCUT2D eigenvalue weighted by Gasteiger charge is 2.35. The first kappa shape index (κ1) is 26.0. The molecular weight excluding hydrogens is 500 g/mol. The molecule has 2 aliphatic rings. The van der Waals surface area contributed by atoms with Crippen LogP contribution in [0.3, 0.4) is 0 Å². The summed E-state index contributed by atoms with van der Waals surface area (Å²) in [6.07, 6.45) is 3.70. The third-order valence-electron chi connectivity index (χ3n) is 6.11. The smallest absolute Gasteiger partial charge is 0.290 e. The van der Waals surface area contributed by atoms with Crippen LogP contribution in [0.5, 0.6) is 0 Å². The molecule has 0 fully saturated rings. The lowest BCUT2D eigenvalue weighted by molar-refractivity contribution is -0.430. The van der Waals surface area contributed by atoms with Gasteiger partial charge in [-0.2, -0.15) is 0 Å². The van der Waals surface area contributed by atoms with E-state index >= 15 is 0 Å². The fourth-order valence-corrected chi connectivity index (χ4v) is 5.94. The van der Waals surface area contributed by atoms with Crippen molar-refractivity contribution in [1.29, 1.82) is 0 Å². The van der Waals surface area contributed by atoms with Crippen LogP contribution >= 0.6 is 23.5 Å². The predicted octanol–water partition coefficient (Wildman–Crippen LogP) is 4.16. The summed E-state index contributed by atoms with van der Waals surface area (Å²) in [6.45, 7) is 2.51. The molecule has 4 rings (SSSR count). The Balaban J connectivity index is 1.55. The van der Waals surface area contributed by atoms with E-state index in [0.717, 1.165) is 11.4 Å². The lowest BCUT2D eigenvalue weighted by Gasteiger charge is -2.39. The normalized spacial score (nSPS) is 17.6. The monoisotopic (exact) mass is 528 g/mol. The van der Waals surface area contributed by atoms with E-state index in [0.29, 0.717) is 36.5 Å². The lowest BCUT2D eigenvalue weighted by atomic mass is 10.2. The van der Waals surface area contributed by atoms with Crippen LogP contribution in [0.25, 0.3) is 0 Å². The van der Waals surface area contributed by atoms with Crippen LogP contribution in [0, 0.1) is 20.2 Å². The summed E-state index contributed by atoms with van der Waals surface area (Å²) in [5, 5.41) is 25.1. The molecule has 0 saturated carbocycles. The Labute approximate surface area is 218 Å². The van der Waals surface area contributed by atoms with E-state index in [2.05, 4.69) is 0 Å². The van der Waals surface area contributed by atoms with Crippen molar-refractivity contribution in [3.05, 3.63) is 102 Å². The van der Waals surface area contributed by atoms with E-state index in [1.807, 2.05) is 92.8 Å². The standard InChI is InChI=1S/C24H28N6O4S2/c1-35-23-21(29(31)32)15-25(17-27(23)19-9-5-3-6-10-19)13-14-26-16-22(30(33)34)24(36-2)28(18-26)20-11-7-4-8-12-20/h3-12H,13-18H2,1-2H3. The number of hydrogen-bond donors (Lipinski definition) is 0. The zero-order chi connectivity index (χ0) is 25.7. The van der Waals surface area contributed by atoms with E-state index in [1.165, 1.54) is 23.5 Å². The van der Waals surface area contributed by atoms with Crippen molar-refractivity contribution in [2.75, 3.05) is 61.8 Å². The molecule has 0 N–H and O–H groups in total. The summed E-state index contributed by atoms with van der Waals surface area (Å²) in [7, 11) is 0. The zero-order valence-corrected chi connectivity index (χ0v) is 21.8. The summed E-state index contributed by atoms with van der Waals surface area (Å²) in [4.78, 5) is 31.2. The van der Waals surface area contributed by atoms with Gasteiger partial charge in [0.05, 0.1) is 36.3 Å². The lowest BCUT2D eigenvalue weighted by Crippen LogP contribution is -2.50. The fraction of sp³-hybridized carbons (Fsp3) is 0.333. The highest BCUT2D eigenvalue weighted by molar-refractivity contribution is 8.02. The molecule has 0 spiro atoms. The first-order valence-electron chi connectivity index (χ1n) is 11.4. The molecule has 12 heteroatoms. The Morgan fingerprint density at radius 3 is 1.36 bits per heavy atom. The molecule has 0 bridgehead atoms. The Morgan fingerprint density at radius 1 is 0.694 bits per heavy atom. The third-order valence-corrected chi connectivity index (χ3v) is 7.79. The Kier molecular flexibility index (Phi) is 8.52. The van der Waals surface area contributed by atoms with Gasteiger partial charge in [-0.05, 0) is 36.8 Å². The molecule has 0 saturated heterocycles. The number of benzene rings is 2. The van der Waals surface area contributed by atoms with Gasteiger partial charge in [0, 0.05) is 24.5 Å². The zero-order valence-electron chi connectivity index (χ0n) is 20.1. The van der Waals surface area contributed by atoms with Crippen LogP contribution in [0.15, 0.2) is 82.1 Å². The number of nitrogens with zero attached hydrogens (tertiary/aromatic N) is 6. The Hall–Kier alpha value is -3.06. The molecule has 10 nitrogen and oxygen atoms in total. The molecule has 2 aliphatic heterocycles. The van der Waals surface area contributed by atoms with Crippen molar-refractivity contribution < 1.29 is 9.85 Å². The number of para-hydroxylation sites is 2. The highest BCUT2D eigenvalue weighted by Crippen LogP contribution is 2.34. The van der Waals surface area contributed by atoms with Crippen LogP contribution < -0.4 is 9.80 Å². The largest absolute Gasteiger partial charge is 0.317 e. The third kappa shape index (κ3) is 5.67. The number of hydrogen-bond acceptors (Lipinski definition) is 10. The van der Waals surface area contributed by atoms with Crippen LogP contribution in [0.4, 0.5) is 11.4 Å². The molecule has 2 heterocycles. The molecular formula is C24H28N6O4S2. The average Bonchev–Trinajstić information content (AvgIpc) is 2.91. The van der Waals surface area contributed by atoms with Crippen molar-refractivity contribution in [3.63, 3.8) is 0 Å². The van der Waals surface area contributed by atoms with Crippen LogP contribution in [0.2, 0.25) is 0 Å². The molecule has 0 aromatic heterocycles. The van der Waals surface area contributed by atoms with Gasteiger partial charge in [0.2, 0.25) is 0 Å². The SMILES string of the molecule is CSC1=C([N+](=O)[O-])CN(CCN2CC([N+](=O)[O-])=C(SC)N(c3ccccc3)C2)CN1c1ccccc1. The van der Waals surface area contributed by atoms with E-state index in [4.69, 9.17) is 0 Å². The van der Waals surface area contributed by atoms with E-state index in [9.17, 15) is 20.2 Å². The summed E-state index contributed by atoms with van der Waals surface area (Å²) in [5.41, 5.74) is 2.11. The van der Waals surface area contributed by atoms with Gasteiger partial charge in [0.1, 0.15) is 0 Å². The second kappa shape index (κ2) is 11.8. The molecule has 36 heavy (non-hydrogen) atoms. The molecule has 2 aromatic carbocycles. The quantitative estimate of drug-likeness (QED) is 0.348. The first-order valence-corrected chi connectivity index (χ1v) is 13.8. The molecule has 190 valence electrons. The van der Waals surface area contributed by atoms with E-state index in [-0.39, 0.29) is 34.3 Å². The van der Waals surface area contributed by atoms with Gasteiger partial charge in [-0.1, -0.05) is 36.4 Å². The van der Waals surface area contributed by atoms with Crippen molar-refractivity contribution in [1.82, 2.24) is 9.80 Å². The van der Waals surface area contributed by atoms with Crippen LogP contribution in [-0.4, -0.2) is 71.7 Å². The number of rotatable bonds is 9.